The van der Waals surface area contributed by atoms with Crippen molar-refractivity contribution in [3.63, 3.8) is 0 Å². The SMILES string of the molecule is CC(C)N1CCCC1.CCC=O. The average molecular weight is 171 g/mol. The third kappa shape index (κ3) is 5.30. The van der Waals surface area contributed by atoms with Crippen molar-refractivity contribution in [2.45, 2.75) is 46.1 Å². The maximum Gasteiger partial charge on any atom is 0.119 e. The summed E-state index contributed by atoms with van der Waals surface area (Å²) >= 11 is 0. The van der Waals surface area contributed by atoms with Crippen LogP contribution in [0.1, 0.15) is 40.0 Å². The maximum absolute atomic E-state index is 9.17. The van der Waals surface area contributed by atoms with Crippen LogP contribution in [0.3, 0.4) is 0 Å². The summed E-state index contributed by atoms with van der Waals surface area (Å²) in [4.78, 5) is 11.7. The van der Waals surface area contributed by atoms with Gasteiger partial charge in [-0.25, -0.2) is 0 Å². The van der Waals surface area contributed by atoms with E-state index in [1.807, 2.05) is 6.92 Å². The Bertz CT molecular complexity index is 106. The number of rotatable bonds is 2. The molecule has 2 nitrogen and oxygen atoms in total. The molecule has 1 fully saturated rings. The molecule has 1 saturated heterocycles. The molecule has 0 aliphatic carbocycles. The fraction of sp³-hybridized carbons (Fsp3) is 0.900. The van der Waals surface area contributed by atoms with Gasteiger partial charge < -0.3 is 9.69 Å². The van der Waals surface area contributed by atoms with E-state index in [0.717, 1.165) is 12.3 Å². The van der Waals surface area contributed by atoms with Crippen LogP contribution in [0, 0.1) is 0 Å². The lowest BCUT2D eigenvalue weighted by Crippen LogP contribution is -2.26. The van der Waals surface area contributed by atoms with E-state index in [2.05, 4.69) is 18.7 Å². The van der Waals surface area contributed by atoms with E-state index in [4.69, 9.17) is 0 Å². The minimum Gasteiger partial charge on any atom is -0.303 e. The Kier molecular flexibility index (Phi) is 7.06. The van der Waals surface area contributed by atoms with Crippen molar-refractivity contribution in [1.29, 1.82) is 0 Å². The van der Waals surface area contributed by atoms with Crippen molar-refractivity contribution in [2.75, 3.05) is 13.1 Å². The fourth-order valence-corrected chi connectivity index (χ4v) is 1.26. The topological polar surface area (TPSA) is 20.3 Å². The van der Waals surface area contributed by atoms with Crippen LogP contribution in [-0.2, 0) is 4.79 Å². The summed E-state index contributed by atoms with van der Waals surface area (Å²) in [6.45, 7) is 9.01. The van der Waals surface area contributed by atoms with Crippen LogP contribution in [0.4, 0.5) is 0 Å². The summed E-state index contributed by atoms with van der Waals surface area (Å²) in [7, 11) is 0. The fourth-order valence-electron chi connectivity index (χ4n) is 1.26. The summed E-state index contributed by atoms with van der Waals surface area (Å²) in [6.07, 6.45) is 4.34. The normalized spacial score (nSPS) is 17.3. The number of hydrogen-bond acceptors (Lipinski definition) is 2. The lowest BCUT2D eigenvalue weighted by molar-refractivity contribution is -0.107. The zero-order valence-electron chi connectivity index (χ0n) is 8.55. The highest BCUT2D eigenvalue weighted by Gasteiger charge is 2.13. The zero-order chi connectivity index (χ0) is 9.40. The monoisotopic (exact) mass is 171 g/mol. The first kappa shape index (κ1) is 11.6. The van der Waals surface area contributed by atoms with E-state index in [0.29, 0.717) is 6.42 Å². The second kappa shape index (κ2) is 7.29. The number of likely N-dealkylation sites (tertiary alicyclic amines) is 1. The molecule has 0 bridgehead atoms. The van der Waals surface area contributed by atoms with Gasteiger partial charge in [-0.1, -0.05) is 6.92 Å². The van der Waals surface area contributed by atoms with Crippen molar-refractivity contribution in [2.24, 2.45) is 0 Å². The van der Waals surface area contributed by atoms with Gasteiger partial charge in [0.2, 0.25) is 0 Å². The van der Waals surface area contributed by atoms with Crippen LogP contribution >= 0.6 is 0 Å². The molecule has 72 valence electrons. The minimum atomic E-state index is 0.639. The van der Waals surface area contributed by atoms with Crippen LogP contribution in [0.15, 0.2) is 0 Å². The molecule has 2 heteroatoms. The van der Waals surface area contributed by atoms with E-state index in [9.17, 15) is 4.79 Å². The molecular formula is C10H21NO. The third-order valence-electron chi connectivity index (χ3n) is 2.04. The molecule has 12 heavy (non-hydrogen) atoms. The summed E-state index contributed by atoms with van der Waals surface area (Å²) in [5.74, 6) is 0. The Labute approximate surface area is 75.9 Å². The molecule has 0 aromatic rings. The van der Waals surface area contributed by atoms with E-state index in [1.54, 1.807) is 0 Å². The average Bonchev–Trinajstić information content (AvgIpc) is 2.57. The lowest BCUT2D eigenvalue weighted by Gasteiger charge is -2.18. The highest BCUT2D eigenvalue weighted by molar-refractivity contribution is 5.48. The second-order valence-corrected chi connectivity index (χ2v) is 3.41. The van der Waals surface area contributed by atoms with Crippen molar-refractivity contribution < 1.29 is 4.79 Å². The molecule has 0 spiro atoms. The number of nitrogens with zero attached hydrogens (tertiary/aromatic N) is 1. The van der Waals surface area contributed by atoms with Gasteiger partial charge in [-0.15, -0.1) is 0 Å². The predicted octanol–water partition coefficient (Wildman–Crippen LogP) is 2.09. The summed E-state index contributed by atoms with van der Waals surface area (Å²) in [6, 6.07) is 0.775. The number of carbonyl (C=O) groups is 1. The molecule has 0 aromatic heterocycles. The molecule has 0 N–H and O–H groups in total. The van der Waals surface area contributed by atoms with Gasteiger partial charge in [-0.2, -0.15) is 0 Å². The van der Waals surface area contributed by atoms with Crippen LogP contribution < -0.4 is 0 Å². The Hall–Kier alpha value is -0.370. The molecule has 1 aliphatic rings. The molecule has 0 atom stereocenters. The predicted molar refractivity (Wildman–Crippen MR) is 52.3 cm³/mol. The highest BCUT2D eigenvalue weighted by Crippen LogP contribution is 2.09. The Morgan fingerprint density at radius 3 is 1.92 bits per heavy atom. The van der Waals surface area contributed by atoms with E-state index < -0.39 is 0 Å². The first-order chi connectivity index (χ1) is 5.72. The molecule has 0 saturated carbocycles. The van der Waals surface area contributed by atoms with Gasteiger partial charge in [0.05, 0.1) is 0 Å². The summed E-state index contributed by atoms with van der Waals surface area (Å²) in [5.41, 5.74) is 0. The molecule has 0 amide bonds. The largest absolute Gasteiger partial charge is 0.303 e. The standard InChI is InChI=1S/C7H15N.C3H6O/c1-7(2)8-5-3-4-6-8;1-2-3-4/h7H,3-6H2,1-2H3;3H,2H2,1H3. The maximum atomic E-state index is 9.17. The Morgan fingerprint density at radius 1 is 1.33 bits per heavy atom. The van der Waals surface area contributed by atoms with Gasteiger partial charge in [0.1, 0.15) is 6.29 Å². The van der Waals surface area contributed by atoms with Crippen molar-refractivity contribution in [1.82, 2.24) is 4.90 Å². The quantitative estimate of drug-likeness (QED) is 0.593. The molecule has 0 unspecified atom stereocenters. The summed E-state index contributed by atoms with van der Waals surface area (Å²) in [5, 5.41) is 0. The Morgan fingerprint density at radius 2 is 1.75 bits per heavy atom. The van der Waals surface area contributed by atoms with Gasteiger partial charge in [-0.05, 0) is 39.8 Å². The van der Waals surface area contributed by atoms with E-state index in [-0.39, 0.29) is 0 Å². The smallest absolute Gasteiger partial charge is 0.119 e. The lowest BCUT2D eigenvalue weighted by atomic mass is 10.3. The number of aldehydes is 1. The van der Waals surface area contributed by atoms with Crippen molar-refractivity contribution >= 4 is 6.29 Å². The molecular weight excluding hydrogens is 150 g/mol. The van der Waals surface area contributed by atoms with E-state index >= 15 is 0 Å². The van der Waals surface area contributed by atoms with Gasteiger partial charge in [-0.3, -0.25) is 0 Å². The molecule has 0 radical (unpaired) electrons. The number of carbonyl (C=O) groups excluding carboxylic acids is 1. The molecule has 1 rings (SSSR count). The molecule has 1 heterocycles. The Balaban J connectivity index is 0.000000261. The summed E-state index contributed by atoms with van der Waals surface area (Å²) < 4.78 is 0. The number of hydrogen-bond donors (Lipinski definition) is 0. The minimum absolute atomic E-state index is 0.639. The van der Waals surface area contributed by atoms with Crippen LogP contribution in [0.5, 0.6) is 0 Å². The van der Waals surface area contributed by atoms with Gasteiger partial charge in [0, 0.05) is 12.5 Å². The van der Waals surface area contributed by atoms with Gasteiger partial charge in [0.15, 0.2) is 0 Å². The first-order valence-electron chi connectivity index (χ1n) is 4.90. The van der Waals surface area contributed by atoms with Crippen molar-refractivity contribution in [3.05, 3.63) is 0 Å². The van der Waals surface area contributed by atoms with Crippen LogP contribution in [-0.4, -0.2) is 30.3 Å². The van der Waals surface area contributed by atoms with Crippen LogP contribution in [0.25, 0.3) is 0 Å². The zero-order valence-corrected chi connectivity index (χ0v) is 8.55. The first-order valence-corrected chi connectivity index (χ1v) is 4.90. The molecule has 1 aliphatic heterocycles. The van der Waals surface area contributed by atoms with Gasteiger partial charge >= 0.3 is 0 Å². The third-order valence-corrected chi connectivity index (χ3v) is 2.04. The van der Waals surface area contributed by atoms with Gasteiger partial charge in [0.25, 0.3) is 0 Å². The molecule has 0 aromatic carbocycles. The highest BCUT2D eigenvalue weighted by atomic mass is 16.1. The van der Waals surface area contributed by atoms with E-state index in [1.165, 1.54) is 25.9 Å². The second-order valence-electron chi connectivity index (χ2n) is 3.41. The van der Waals surface area contributed by atoms with Crippen LogP contribution in [0.2, 0.25) is 0 Å². The van der Waals surface area contributed by atoms with Crippen molar-refractivity contribution in [3.8, 4) is 0 Å².